The number of aromatic nitrogens is 1. The molecule has 0 radical (unpaired) electrons. The summed E-state index contributed by atoms with van der Waals surface area (Å²) in [5.41, 5.74) is 4.50. The maximum atomic E-state index is 12.4. The lowest BCUT2D eigenvalue weighted by atomic mass is 10.1. The molecule has 1 aliphatic rings. The molecule has 0 spiro atoms. The van der Waals surface area contributed by atoms with Gasteiger partial charge in [0.15, 0.2) is 0 Å². The van der Waals surface area contributed by atoms with Crippen LogP contribution in [0.25, 0.3) is 11.8 Å². The third-order valence-corrected chi connectivity index (χ3v) is 5.06. The van der Waals surface area contributed by atoms with E-state index in [9.17, 15) is 14.4 Å². The van der Waals surface area contributed by atoms with Crippen molar-refractivity contribution < 1.29 is 14.4 Å². The van der Waals surface area contributed by atoms with Crippen LogP contribution in [0.4, 0.5) is 4.79 Å². The van der Waals surface area contributed by atoms with Crippen LogP contribution in [0.5, 0.6) is 0 Å². The lowest BCUT2D eigenvalue weighted by Gasteiger charge is -2.28. The summed E-state index contributed by atoms with van der Waals surface area (Å²) >= 11 is 6.16. The Hall–Kier alpha value is -2.86. The second kappa shape index (κ2) is 6.70. The van der Waals surface area contributed by atoms with Crippen molar-refractivity contribution in [3.63, 3.8) is 0 Å². The quantitative estimate of drug-likeness (QED) is 0.587. The predicted octanol–water partition coefficient (Wildman–Crippen LogP) is 3.49. The van der Waals surface area contributed by atoms with Gasteiger partial charge in [0.1, 0.15) is 5.57 Å². The third-order valence-electron chi connectivity index (χ3n) is 4.83. The van der Waals surface area contributed by atoms with Gasteiger partial charge in [-0.05, 0) is 56.2 Å². The number of amides is 4. The van der Waals surface area contributed by atoms with Crippen molar-refractivity contribution in [3.05, 3.63) is 57.4 Å². The van der Waals surface area contributed by atoms with Crippen LogP contribution in [-0.4, -0.2) is 46.3 Å². The second-order valence-corrected chi connectivity index (χ2v) is 7.10. The highest BCUT2D eigenvalue weighted by Gasteiger charge is 2.38. The van der Waals surface area contributed by atoms with Crippen LogP contribution in [0.2, 0.25) is 5.02 Å². The molecule has 4 amide bonds. The minimum Gasteiger partial charge on any atom is -0.318 e. The Kier molecular flexibility index (Phi) is 4.70. The molecule has 0 bridgehead atoms. The van der Waals surface area contributed by atoms with Gasteiger partial charge >= 0.3 is 6.03 Å². The zero-order valence-electron chi connectivity index (χ0n) is 15.8. The largest absolute Gasteiger partial charge is 0.333 e. The highest BCUT2D eigenvalue weighted by atomic mass is 35.5. The van der Waals surface area contributed by atoms with E-state index >= 15 is 0 Å². The lowest BCUT2D eigenvalue weighted by Crippen LogP contribution is -2.52. The van der Waals surface area contributed by atoms with Crippen LogP contribution < -0.4 is 0 Å². The van der Waals surface area contributed by atoms with E-state index in [1.165, 1.54) is 14.1 Å². The van der Waals surface area contributed by atoms with E-state index in [2.05, 4.69) is 0 Å². The molecule has 1 aromatic carbocycles. The van der Waals surface area contributed by atoms with Crippen molar-refractivity contribution in [1.29, 1.82) is 0 Å². The van der Waals surface area contributed by atoms with Crippen molar-refractivity contribution in [2.75, 3.05) is 14.1 Å². The third kappa shape index (κ3) is 3.06. The van der Waals surface area contributed by atoms with E-state index in [4.69, 9.17) is 11.6 Å². The van der Waals surface area contributed by atoms with Crippen molar-refractivity contribution in [3.8, 4) is 5.69 Å². The van der Waals surface area contributed by atoms with Gasteiger partial charge in [0.2, 0.25) is 0 Å². The molecule has 2 heterocycles. The van der Waals surface area contributed by atoms with E-state index in [-0.39, 0.29) is 5.57 Å². The summed E-state index contributed by atoms with van der Waals surface area (Å²) in [6.07, 6.45) is 1.54. The average Bonchev–Trinajstić information content (AvgIpc) is 2.91. The van der Waals surface area contributed by atoms with Crippen molar-refractivity contribution >= 4 is 35.5 Å². The number of barbiturate groups is 1. The molecule has 27 heavy (non-hydrogen) atoms. The SMILES string of the molecule is Cc1ccc(Cl)cc1-n1c(C)cc(C=C2C(=O)N(C)C(=O)N(C)C2=O)c1C. The molecule has 140 valence electrons. The highest BCUT2D eigenvalue weighted by molar-refractivity contribution is 6.31. The number of carbonyl (C=O) groups excluding carboxylic acids is 3. The Morgan fingerprint density at radius 2 is 1.52 bits per heavy atom. The Labute approximate surface area is 162 Å². The number of halogens is 1. The van der Waals surface area contributed by atoms with Crippen molar-refractivity contribution in [1.82, 2.24) is 14.4 Å². The van der Waals surface area contributed by atoms with Crippen molar-refractivity contribution in [2.24, 2.45) is 0 Å². The van der Waals surface area contributed by atoms with Gasteiger partial charge in [0.25, 0.3) is 11.8 Å². The molecule has 0 aliphatic carbocycles. The number of rotatable bonds is 2. The minimum absolute atomic E-state index is 0.0392. The first-order valence-corrected chi connectivity index (χ1v) is 8.78. The Morgan fingerprint density at radius 3 is 2.11 bits per heavy atom. The molecule has 1 saturated heterocycles. The van der Waals surface area contributed by atoms with Gasteiger partial charge < -0.3 is 4.57 Å². The molecule has 0 unspecified atom stereocenters. The summed E-state index contributed by atoms with van der Waals surface area (Å²) in [5.74, 6) is -1.21. The van der Waals surface area contributed by atoms with Crippen LogP contribution in [0.15, 0.2) is 29.8 Å². The molecular weight excluding hydrogens is 366 g/mol. The zero-order chi connectivity index (χ0) is 20.0. The van der Waals surface area contributed by atoms with Gasteiger partial charge in [-0.3, -0.25) is 19.4 Å². The van der Waals surface area contributed by atoms with Crippen molar-refractivity contribution in [2.45, 2.75) is 20.8 Å². The molecule has 1 aromatic heterocycles. The number of aryl methyl sites for hydroxylation is 2. The summed E-state index contributed by atoms with van der Waals surface area (Å²) in [7, 11) is 2.72. The number of nitrogens with zero attached hydrogens (tertiary/aromatic N) is 3. The maximum Gasteiger partial charge on any atom is 0.333 e. The number of imide groups is 2. The molecule has 0 saturated carbocycles. The van der Waals surface area contributed by atoms with Crippen LogP contribution in [-0.2, 0) is 9.59 Å². The molecule has 1 fully saturated rings. The van der Waals surface area contributed by atoms with Gasteiger partial charge in [-0.25, -0.2) is 4.79 Å². The monoisotopic (exact) mass is 385 g/mol. The topological polar surface area (TPSA) is 62.6 Å². The van der Waals surface area contributed by atoms with E-state index in [0.717, 1.165) is 38.0 Å². The first kappa shape index (κ1) is 18.9. The maximum absolute atomic E-state index is 12.4. The number of carbonyl (C=O) groups is 3. The molecule has 0 atom stereocenters. The minimum atomic E-state index is -0.637. The number of benzene rings is 1. The number of urea groups is 1. The summed E-state index contributed by atoms with van der Waals surface area (Å²) < 4.78 is 2.03. The number of likely N-dealkylation sites (N-methyl/N-ethyl adjacent to an activating group) is 2. The van der Waals surface area contributed by atoms with Crippen LogP contribution >= 0.6 is 11.6 Å². The summed E-state index contributed by atoms with van der Waals surface area (Å²) in [4.78, 5) is 38.6. The molecule has 1 aliphatic heterocycles. The molecule has 3 rings (SSSR count). The molecule has 7 heteroatoms. The number of hydrogen-bond acceptors (Lipinski definition) is 3. The molecule has 2 aromatic rings. The number of hydrogen-bond donors (Lipinski definition) is 0. The summed E-state index contributed by atoms with van der Waals surface area (Å²) in [5, 5.41) is 0.627. The van der Waals surface area contributed by atoms with Gasteiger partial charge in [-0.15, -0.1) is 0 Å². The molecular formula is C20H20ClN3O3. The van der Waals surface area contributed by atoms with E-state index in [1.54, 1.807) is 6.08 Å². The van der Waals surface area contributed by atoms with Gasteiger partial charge in [0, 0.05) is 36.2 Å². The van der Waals surface area contributed by atoms with Gasteiger partial charge in [-0.1, -0.05) is 17.7 Å². The highest BCUT2D eigenvalue weighted by Crippen LogP contribution is 2.28. The molecule has 6 nitrogen and oxygen atoms in total. The standard InChI is InChI=1S/C20H20ClN3O3/c1-11-6-7-15(21)10-17(11)24-12(2)8-14(13(24)3)9-16-18(25)22(4)20(27)23(5)19(16)26/h6-10H,1-5H3. The summed E-state index contributed by atoms with van der Waals surface area (Å²) in [6, 6.07) is 6.92. The average molecular weight is 386 g/mol. The normalized spacial score (nSPS) is 15.0. The van der Waals surface area contributed by atoms with E-state index in [1.807, 2.05) is 49.6 Å². The predicted molar refractivity (Wildman–Crippen MR) is 104 cm³/mol. The van der Waals surface area contributed by atoms with Crippen LogP contribution in [0.1, 0.15) is 22.5 Å². The Bertz CT molecular complexity index is 994. The second-order valence-electron chi connectivity index (χ2n) is 6.66. The van der Waals surface area contributed by atoms with E-state index < -0.39 is 17.8 Å². The van der Waals surface area contributed by atoms with Crippen LogP contribution in [0.3, 0.4) is 0 Å². The first-order valence-electron chi connectivity index (χ1n) is 8.40. The fourth-order valence-electron chi connectivity index (χ4n) is 3.26. The molecule has 0 N–H and O–H groups in total. The fraction of sp³-hybridized carbons (Fsp3) is 0.250. The Morgan fingerprint density at radius 1 is 0.926 bits per heavy atom. The van der Waals surface area contributed by atoms with Gasteiger partial charge in [0.05, 0.1) is 0 Å². The fourth-order valence-corrected chi connectivity index (χ4v) is 3.42. The summed E-state index contributed by atoms with van der Waals surface area (Å²) in [6.45, 7) is 5.85. The van der Waals surface area contributed by atoms with Gasteiger partial charge in [-0.2, -0.15) is 0 Å². The lowest BCUT2D eigenvalue weighted by molar-refractivity contribution is -0.134. The Balaban J connectivity index is 2.13. The smallest absolute Gasteiger partial charge is 0.318 e. The zero-order valence-corrected chi connectivity index (χ0v) is 16.6. The van der Waals surface area contributed by atoms with E-state index in [0.29, 0.717) is 5.02 Å². The first-order chi connectivity index (χ1) is 12.6. The van der Waals surface area contributed by atoms with Crippen LogP contribution in [0, 0.1) is 20.8 Å².